The van der Waals surface area contributed by atoms with Crippen LogP contribution in [-0.4, -0.2) is 63.7 Å². The topological polar surface area (TPSA) is 30.9 Å². The van der Waals surface area contributed by atoms with Gasteiger partial charge in [-0.1, -0.05) is 19.3 Å². The smallest absolute Gasteiger partial charge is 0.0963 e. The van der Waals surface area contributed by atoms with Crippen LogP contribution in [-0.2, 0) is 14.2 Å². The van der Waals surface area contributed by atoms with Gasteiger partial charge in [0.2, 0.25) is 0 Å². The molecule has 2 unspecified atom stereocenters. The third-order valence-electron chi connectivity index (χ3n) is 5.87. The van der Waals surface area contributed by atoms with Gasteiger partial charge in [0.15, 0.2) is 0 Å². The Morgan fingerprint density at radius 1 is 1.05 bits per heavy atom. The van der Waals surface area contributed by atoms with Crippen molar-refractivity contribution in [2.24, 2.45) is 5.41 Å². The lowest BCUT2D eigenvalue weighted by atomic mass is 9.71. The van der Waals surface area contributed by atoms with E-state index in [1.807, 2.05) is 7.11 Å². The minimum Gasteiger partial charge on any atom is -0.385 e. The van der Waals surface area contributed by atoms with E-state index in [9.17, 15) is 0 Å². The van der Waals surface area contributed by atoms with E-state index in [0.717, 1.165) is 32.9 Å². The summed E-state index contributed by atoms with van der Waals surface area (Å²) in [5.74, 6) is 0. The van der Waals surface area contributed by atoms with Crippen LogP contribution in [0.3, 0.4) is 0 Å². The molecule has 2 saturated heterocycles. The van der Waals surface area contributed by atoms with Crippen molar-refractivity contribution in [2.75, 3.05) is 46.6 Å². The number of methoxy groups -OCH3 is 1. The molecule has 0 aromatic rings. The lowest BCUT2D eigenvalue weighted by Gasteiger charge is -2.44. The Bertz CT molecular complexity index is 324. The molecule has 2 aliphatic heterocycles. The fraction of sp³-hybridized carbons (Fsp3) is 1.00. The first kappa shape index (κ1) is 16.7. The average Bonchev–Trinajstić information content (AvgIpc) is 3.09. The van der Waals surface area contributed by atoms with Crippen LogP contribution in [0, 0.1) is 5.41 Å². The molecule has 4 nitrogen and oxygen atoms in total. The fourth-order valence-corrected chi connectivity index (χ4v) is 4.58. The van der Waals surface area contributed by atoms with Crippen molar-refractivity contribution in [3.8, 4) is 0 Å². The van der Waals surface area contributed by atoms with Gasteiger partial charge < -0.3 is 14.2 Å². The van der Waals surface area contributed by atoms with E-state index in [-0.39, 0.29) is 0 Å². The van der Waals surface area contributed by atoms with Crippen molar-refractivity contribution >= 4 is 0 Å². The van der Waals surface area contributed by atoms with Crippen LogP contribution in [0.2, 0.25) is 0 Å². The number of hydrogen-bond donors (Lipinski definition) is 0. The quantitative estimate of drug-likeness (QED) is 0.755. The van der Waals surface area contributed by atoms with Crippen LogP contribution < -0.4 is 0 Å². The highest BCUT2D eigenvalue weighted by atomic mass is 16.5. The standard InChI is InChI=1S/C18H33NO3/c1-20-12-9-18(7-3-2-4-8-18)15-19-10-13-22-17(14-19)16-6-5-11-21-16/h16-17H,2-15H2,1H3. The predicted molar refractivity (Wildman–Crippen MR) is 87.2 cm³/mol. The molecule has 0 radical (unpaired) electrons. The van der Waals surface area contributed by atoms with Crippen LogP contribution in [0.25, 0.3) is 0 Å². The Hall–Kier alpha value is -0.160. The molecule has 3 fully saturated rings. The number of ether oxygens (including phenoxy) is 3. The van der Waals surface area contributed by atoms with Gasteiger partial charge in [0, 0.05) is 40.0 Å². The van der Waals surface area contributed by atoms with E-state index >= 15 is 0 Å². The predicted octanol–water partition coefficient (Wildman–Crippen LogP) is 2.85. The summed E-state index contributed by atoms with van der Waals surface area (Å²) >= 11 is 0. The van der Waals surface area contributed by atoms with Gasteiger partial charge in [0.05, 0.1) is 18.8 Å². The molecule has 1 saturated carbocycles. The van der Waals surface area contributed by atoms with Crippen molar-refractivity contribution < 1.29 is 14.2 Å². The molecule has 128 valence electrons. The zero-order valence-corrected chi connectivity index (χ0v) is 14.2. The number of hydrogen-bond acceptors (Lipinski definition) is 4. The SMILES string of the molecule is COCCC1(CN2CCOC(C3CCCO3)C2)CCCCC1. The first-order chi connectivity index (χ1) is 10.8. The molecule has 2 heterocycles. The number of rotatable bonds is 6. The summed E-state index contributed by atoms with van der Waals surface area (Å²) in [6.07, 6.45) is 11.2. The molecule has 0 spiro atoms. The molecule has 0 bridgehead atoms. The third-order valence-corrected chi connectivity index (χ3v) is 5.87. The fourth-order valence-electron chi connectivity index (χ4n) is 4.58. The summed E-state index contributed by atoms with van der Waals surface area (Å²) in [5.41, 5.74) is 0.479. The van der Waals surface area contributed by atoms with Gasteiger partial charge in [-0.05, 0) is 37.5 Å². The van der Waals surface area contributed by atoms with Gasteiger partial charge in [0.25, 0.3) is 0 Å². The van der Waals surface area contributed by atoms with Crippen LogP contribution in [0.1, 0.15) is 51.4 Å². The van der Waals surface area contributed by atoms with Crippen LogP contribution in [0.5, 0.6) is 0 Å². The molecule has 0 N–H and O–H groups in total. The van der Waals surface area contributed by atoms with Crippen molar-refractivity contribution in [3.63, 3.8) is 0 Å². The second-order valence-corrected chi connectivity index (χ2v) is 7.50. The van der Waals surface area contributed by atoms with Crippen LogP contribution in [0.4, 0.5) is 0 Å². The highest BCUT2D eigenvalue weighted by Crippen LogP contribution is 2.40. The Morgan fingerprint density at radius 2 is 1.86 bits per heavy atom. The zero-order valence-electron chi connectivity index (χ0n) is 14.2. The summed E-state index contributed by atoms with van der Waals surface area (Å²) in [6, 6.07) is 0. The minimum absolute atomic E-state index is 0.291. The van der Waals surface area contributed by atoms with Gasteiger partial charge in [-0.2, -0.15) is 0 Å². The second kappa shape index (κ2) is 8.09. The van der Waals surface area contributed by atoms with Crippen LogP contribution >= 0.6 is 0 Å². The summed E-state index contributed by atoms with van der Waals surface area (Å²) in [7, 11) is 1.83. The van der Waals surface area contributed by atoms with Crippen molar-refractivity contribution in [3.05, 3.63) is 0 Å². The van der Waals surface area contributed by atoms with Gasteiger partial charge in [-0.15, -0.1) is 0 Å². The van der Waals surface area contributed by atoms with Gasteiger partial charge in [0.1, 0.15) is 0 Å². The number of nitrogens with zero attached hydrogens (tertiary/aromatic N) is 1. The first-order valence-corrected chi connectivity index (χ1v) is 9.26. The molecule has 0 amide bonds. The van der Waals surface area contributed by atoms with E-state index in [1.54, 1.807) is 0 Å². The third kappa shape index (κ3) is 4.22. The Kier molecular flexibility index (Phi) is 6.14. The normalized spacial score (nSPS) is 33.1. The van der Waals surface area contributed by atoms with E-state index < -0.39 is 0 Å². The van der Waals surface area contributed by atoms with Crippen LogP contribution in [0.15, 0.2) is 0 Å². The van der Waals surface area contributed by atoms with E-state index in [1.165, 1.54) is 57.9 Å². The molecule has 3 aliphatic rings. The molecule has 2 atom stereocenters. The Labute approximate surface area is 135 Å². The van der Waals surface area contributed by atoms with Gasteiger partial charge in [-0.3, -0.25) is 4.90 Å². The monoisotopic (exact) mass is 311 g/mol. The maximum atomic E-state index is 6.00. The van der Waals surface area contributed by atoms with Gasteiger partial charge in [-0.25, -0.2) is 0 Å². The molecular weight excluding hydrogens is 278 g/mol. The highest BCUT2D eigenvalue weighted by molar-refractivity contribution is 4.89. The van der Waals surface area contributed by atoms with Crippen molar-refractivity contribution in [2.45, 2.75) is 63.6 Å². The lowest BCUT2D eigenvalue weighted by Crippen LogP contribution is -2.51. The first-order valence-electron chi connectivity index (χ1n) is 9.26. The average molecular weight is 311 g/mol. The van der Waals surface area contributed by atoms with E-state index in [2.05, 4.69) is 4.90 Å². The Morgan fingerprint density at radius 3 is 2.59 bits per heavy atom. The summed E-state index contributed by atoms with van der Waals surface area (Å²) < 4.78 is 17.3. The Balaban J connectivity index is 1.56. The summed E-state index contributed by atoms with van der Waals surface area (Å²) in [6.45, 7) is 6.05. The van der Waals surface area contributed by atoms with Crippen molar-refractivity contribution in [1.82, 2.24) is 4.90 Å². The highest BCUT2D eigenvalue weighted by Gasteiger charge is 2.37. The molecular formula is C18H33NO3. The number of morpholine rings is 1. The largest absolute Gasteiger partial charge is 0.385 e. The molecule has 3 rings (SSSR count). The lowest BCUT2D eigenvalue weighted by molar-refractivity contribution is -0.103. The minimum atomic E-state index is 0.291. The van der Waals surface area contributed by atoms with E-state index in [4.69, 9.17) is 14.2 Å². The summed E-state index contributed by atoms with van der Waals surface area (Å²) in [4.78, 5) is 2.65. The second-order valence-electron chi connectivity index (χ2n) is 7.50. The molecule has 1 aliphatic carbocycles. The molecule has 22 heavy (non-hydrogen) atoms. The maximum absolute atomic E-state index is 6.00. The van der Waals surface area contributed by atoms with Crippen molar-refractivity contribution in [1.29, 1.82) is 0 Å². The van der Waals surface area contributed by atoms with E-state index in [0.29, 0.717) is 17.6 Å². The molecule has 0 aromatic heterocycles. The maximum Gasteiger partial charge on any atom is 0.0963 e. The summed E-state index contributed by atoms with van der Waals surface area (Å²) in [5, 5.41) is 0. The molecule has 0 aromatic carbocycles. The zero-order chi connectivity index (χ0) is 15.3. The van der Waals surface area contributed by atoms with Gasteiger partial charge >= 0.3 is 0 Å². The molecule has 4 heteroatoms.